The lowest BCUT2D eigenvalue weighted by Crippen LogP contribution is -2.39. The molecule has 0 bridgehead atoms. The number of piperidine rings is 1. The highest BCUT2D eigenvalue weighted by Crippen LogP contribution is 2.38. The number of carbonyl (C=O) groups is 2. The summed E-state index contributed by atoms with van der Waals surface area (Å²) in [6, 6.07) is 3.48. The molecule has 0 aromatic heterocycles. The van der Waals surface area contributed by atoms with Crippen molar-refractivity contribution in [2.75, 3.05) is 27.9 Å². The van der Waals surface area contributed by atoms with Gasteiger partial charge in [-0.25, -0.2) is 0 Å². The first-order valence-electron chi connectivity index (χ1n) is 7.43. The first-order chi connectivity index (χ1) is 11.1. The predicted molar refractivity (Wildman–Crippen MR) is 85.7 cm³/mol. The van der Waals surface area contributed by atoms with E-state index in [9.17, 15) is 9.59 Å². The lowest BCUT2D eigenvalue weighted by molar-refractivity contribution is -0.143. The molecule has 124 valence electrons. The van der Waals surface area contributed by atoms with Gasteiger partial charge in [0, 0.05) is 19.0 Å². The smallest absolute Gasteiger partial charge is 0.253 e. The topological polar surface area (TPSA) is 65.1 Å². The molecule has 0 radical (unpaired) electrons. The fourth-order valence-corrected chi connectivity index (χ4v) is 2.49. The monoisotopic (exact) mass is 319 g/mol. The zero-order chi connectivity index (χ0) is 16.8. The van der Waals surface area contributed by atoms with Crippen LogP contribution in [0, 0.1) is 0 Å². The van der Waals surface area contributed by atoms with Crippen molar-refractivity contribution >= 4 is 17.9 Å². The van der Waals surface area contributed by atoms with Gasteiger partial charge in [0.1, 0.15) is 0 Å². The number of ether oxygens (including phenoxy) is 3. The summed E-state index contributed by atoms with van der Waals surface area (Å²) in [5, 5.41) is 0. The Morgan fingerprint density at radius 2 is 1.74 bits per heavy atom. The molecule has 23 heavy (non-hydrogen) atoms. The Bertz CT molecular complexity index is 598. The number of benzene rings is 1. The minimum Gasteiger partial charge on any atom is -0.493 e. The van der Waals surface area contributed by atoms with Crippen molar-refractivity contribution in [3.8, 4) is 17.2 Å². The maximum absolute atomic E-state index is 12.1. The van der Waals surface area contributed by atoms with Crippen LogP contribution in [0.5, 0.6) is 17.2 Å². The normalized spacial score (nSPS) is 14.9. The molecule has 2 rings (SSSR count). The van der Waals surface area contributed by atoms with Crippen LogP contribution in [0.25, 0.3) is 6.08 Å². The van der Waals surface area contributed by atoms with Gasteiger partial charge in [0.2, 0.25) is 11.7 Å². The second kappa shape index (κ2) is 7.67. The zero-order valence-corrected chi connectivity index (χ0v) is 13.6. The van der Waals surface area contributed by atoms with Gasteiger partial charge in [-0.1, -0.05) is 0 Å². The van der Waals surface area contributed by atoms with Crippen LogP contribution in [0.15, 0.2) is 18.2 Å². The highest BCUT2D eigenvalue weighted by atomic mass is 16.5. The number of amides is 2. The van der Waals surface area contributed by atoms with Gasteiger partial charge in [-0.15, -0.1) is 0 Å². The van der Waals surface area contributed by atoms with E-state index in [2.05, 4.69) is 0 Å². The van der Waals surface area contributed by atoms with E-state index in [4.69, 9.17) is 14.2 Å². The lowest BCUT2D eigenvalue weighted by Gasteiger charge is -2.23. The van der Waals surface area contributed by atoms with Crippen LogP contribution in [-0.2, 0) is 9.59 Å². The van der Waals surface area contributed by atoms with E-state index in [1.807, 2.05) is 0 Å². The maximum Gasteiger partial charge on any atom is 0.253 e. The number of hydrogen-bond acceptors (Lipinski definition) is 5. The van der Waals surface area contributed by atoms with Crippen LogP contribution in [0.3, 0.4) is 0 Å². The summed E-state index contributed by atoms with van der Waals surface area (Å²) in [6.07, 6.45) is 5.16. The molecule has 1 aromatic rings. The number of rotatable bonds is 5. The molecule has 6 nitrogen and oxygen atoms in total. The fraction of sp³-hybridized carbons (Fsp3) is 0.412. The van der Waals surface area contributed by atoms with Crippen molar-refractivity contribution in [3.63, 3.8) is 0 Å². The van der Waals surface area contributed by atoms with Gasteiger partial charge in [-0.2, -0.15) is 0 Å². The maximum atomic E-state index is 12.1. The Morgan fingerprint density at radius 1 is 1.09 bits per heavy atom. The quantitative estimate of drug-likeness (QED) is 0.779. The van der Waals surface area contributed by atoms with Crippen molar-refractivity contribution < 1.29 is 23.8 Å². The standard InChI is InChI=1S/C17H21NO5/c1-21-13-10-12(11-14(22-2)17(13)23-3)7-8-16(20)18-9-5-4-6-15(18)19/h7-8,10-11H,4-6,9H2,1-3H3/b8-7-. The third kappa shape index (κ3) is 3.83. The van der Waals surface area contributed by atoms with E-state index in [0.717, 1.165) is 18.4 Å². The number of carbonyl (C=O) groups excluding carboxylic acids is 2. The second-order valence-corrected chi connectivity index (χ2v) is 5.13. The third-order valence-electron chi connectivity index (χ3n) is 3.69. The van der Waals surface area contributed by atoms with E-state index >= 15 is 0 Å². The molecule has 0 unspecified atom stereocenters. The first-order valence-corrected chi connectivity index (χ1v) is 7.43. The van der Waals surface area contributed by atoms with Crippen molar-refractivity contribution in [2.45, 2.75) is 19.3 Å². The third-order valence-corrected chi connectivity index (χ3v) is 3.69. The summed E-state index contributed by atoms with van der Waals surface area (Å²) in [4.78, 5) is 25.2. The minimum atomic E-state index is -0.302. The van der Waals surface area contributed by atoms with E-state index in [-0.39, 0.29) is 11.8 Å². The van der Waals surface area contributed by atoms with Crippen LogP contribution in [0.1, 0.15) is 24.8 Å². The first kappa shape index (κ1) is 16.9. The van der Waals surface area contributed by atoms with Crippen molar-refractivity contribution in [3.05, 3.63) is 23.8 Å². The van der Waals surface area contributed by atoms with Gasteiger partial charge < -0.3 is 14.2 Å². The van der Waals surface area contributed by atoms with E-state index in [0.29, 0.717) is 30.2 Å². The Hall–Kier alpha value is -2.50. The van der Waals surface area contributed by atoms with Crippen LogP contribution in [-0.4, -0.2) is 44.6 Å². The van der Waals surface area contributed by atoms with Gasteiger partial charge in [0.25, 0.3) is 5.91 Å². The summed E-state index contributed by atoms with van der Waals surface area (Å²) in [6.45, 7) is 0.483. The number of methoxy groups -OCH3 is 3. The van der Waals surface area contributed by atoms with Crippen molar-refractivity contribution in [1.29, 1.82) is 0 Å². The molecule has 1 saturated heterocycles. The number of imide groups is 1. The van der Waals surface area contributed by atoms with Crippen LogP contribution in [0.4, 0.5) is 0 Å². The molecule has 0 N–H and O–H groups in total. The van der Waals surface area contributed by atoms with Crippen LogP contribution < -0.4 is 14.2 Å². The SMILES string of the molecule is COc1cc(/C=C\C(=O)N2CCCCC2=O)cc(OC)c1OC. The van der Waals surface area contributed by atoms with E-state index in [1.165, 1.54) is 32.3 Å². The Kier molecular flexibility index (Phi) is 5.62. The molecule has 0 spiro atoms. The molecule has 1 aliphatic rings. The molecule has 1 aliphatic heterocycles. The summed E-state index contributed by atoms with van der Waals surface area (Å²) < 4.78 is 15.8. The molecule has 0 aliphatic carbocycles. The number of hydrogen-bond donors (Lipinski definition) is 0. The van der Waals surface area contributed by atoms with Gasteiger partial charge >= 0.3 is 0 Å². The Labute approximate surface area is 135 Å². The zero-order valence-electron chi connectivity index (χ0n) is 13.6. The molecule has 1 aromatic carbocycles. The summed E-state index contributed by atoms with van der Waals surface area (Å²) >= 11 is 0. The Morgan fingerprint density at radius 3 is 2.26 bits per heavy atom. The van der Waals surface area contributed by atoms with E-state index in [1.54, 1.807) is 18.2 Å². The second-order valence-electron chi connectivity index (χ2n) is 5.13. The fourth-order valence-electron chi connectivity index (χ4n) is 2.49. The number of nitrogens with zero attached hydrogens (tertiary/aromatic N) is 1. The highest BCUT2D eigenvalue weighted by Gasteiger charge is 2.22. The van der Waals surface area contributed by atoms with Gasteiger partial charge in [0.05, 0.1) is 21.3 Å². The molecular formula is C17H21NO5. The molecule has 1 heterocycles. The lowest BCUT2D eigenvalue weighted by atomic mass is 10.1. The summed E-state index contributed by atoms with van der Waals surface area (Å²) in [7, 11) is 4.59. The molecular weight excluding hydrogens is 298 g/mol. The number of likely N-dealkylation sites (tertiary alicyclic amines) is 1. The molecule has 0 saturated carbocycles. The Balaban J connectivity index is 2.21. The highest BCUT2D eigenvalue weighted by molar-refractivity contribution is 6.03. The van der Waals surface area contributed by atoms with Crippen molar-refractivity contribution in [2.24, 2.45) is 0 Å². The average molecular weight is 319 g/mol. The summed E-state index contributed by atoms with van der Waals surface area (Å²) in [5.41, 5.74) is 0.720. The predicted octanol–water partition coefficient (Wildman–Crippen LogP) is 2.26. The summed E-state index contributed by atoms with van der Waals surface area (Å²) in [5.74, 6) is 1.09. The van der Waals surface area contributed by atoms with Gasteiger partial charge in [0.15, 0.2) is 11.5 Å². The van der Waals surface area contributed by atoms with Gasteiger partial charge in [-0.05, 0) is 36.6 Å². The molecule has 2 amide bonds. The minimum absolute atomic E-state index is 0.115. The molecule has 0 atom stereocenters. The average Bonchev–Trinajstić information content (AvgIpc) is 2.58. The van der Waals surface area contributed by atoms with Crippen LogP contribution in [0.2, 0.25) is 0 Å². The molecule has 6 heteroatoms. The van der Waals surface area contributed by atoms with Crippen molar-refractivity contribution in [1.82, 2.24) is 4.90 Å². The van der Waals surface area contributed by atoms with E-state index < -0.39 is 0 Å². The van der Waals surface area contributed by atoms with Gasteiger partial charge in [-0.3, -0.25) is 14.5 Å². The van der Waals surface area contributed by atoms with Crippen LogP contribution >= 0.6 is 0 Å². The molecule has 1 fully saturated rings. The largest absolute Gasteiger partial charge is 0.493 e.